The number of nitrogens with zero attached hydrogens (tertiary/aromatic N) is 5. The van der Waals surface area contributed by atoms with Crippen molar-refractivity contribution >= 4 is 34.4 Å². The molecule has 0 aromatic carbocycles. The van der Waals surface area contributed by atoms with Gasteiger partial charge in [-0.15, -0.1) is 0 Å². The number of hydrogen-bond donors (Lipinski definition) is 3. The van der Waals surface area contributed by atoms with E-state index in [9.17, 15) is 4.79 Å². The number of aromatic nitrogens is 4. The summed E-state index contributed by atoms with van der Waals surface area (Å²) in [6, 6.07) is 5.98. The molecule has 0 radical (unpaired) electrons. The van der Waals surface area contributed by atoms with E-state index < -0.39 is 0 Å². The summed E-state index contributed by atoms with van der Waals surface area (Å²) in [7, 11) is 1.97. The second kappa shape index (κ2) is 9.81. The number of carbonyl (C=O) groups is 1. The topological polar surface area (TPSA) is 100 Å². The molecule has 9 nitrogen and oxygen atoms in total. The molecule has 35 heavy (non-hydrogen) atoms. The highest BCUT2D eigenvalue weighted by atomic mass is 16.2. The van der Waals surface area contributed by atoms with E-state index in [1.807, 2.05) is 25.4 Å². The Balaban J connectivity index is 1.41. The molecule has 3 aromatic rings. The van der Waals surface area contributed by atoms with Crippen LogP contribution in [0, 0.1) is 5.92 Å². The zero-order valence-electron chi connectivity index (χ0n) is 21.0. The smallest absolute Gasteiger partial charge is 0.268 e. The first-order valence-electron chi connectivity index (χ1n) is 12.8. The summed E-state index contributed by atoms with van der Waals surface area (Å²) in [5.41, 5.74) is 2.51. The fraction of sp³-hybridized carbons (Fsp3) is 0.538. The van der Waals surface area contributed by atoms with E-state index in [1.165, 1.54) is 19.3 Å². The first kappa shape index (κ1) is 23.5. The zero-order valence-corrected chi connectivity index (χ0v) is 21.0. The molecule has 5 rings (SSSR count). The fourth-order valence-electron chi connectivity index (χ4n) is 5.50. The highest BCUT2D eigenvalue weighted by molar-refractivity contribution is 5.99. The van der Waals surface area contributed by atoms with Crippen LogP contribution in [0.2, 0.25) is 0 Å². The van der Waals surface area contributed by atoms with Crippen molar-refractivity contribution < 1.29 is 4.79 Å². The Bertz CT molecular complexity index is 1180. The third-order valence-corrected chi connectivity index (χ3v) is 7.18. The normalized spacial score (nSPS) is 17.0. The minimum Gasteiger partial charge on any atom is -0.369 e. The van der Waals surface area contributed by atoms with Gasteiger partial charge in [0.1, 0.15) is 17.2 Å². The molecule has 1 fully saturated rings. The van der Waals surface area contributed by atoms with Crippen LogP contribution in [0.5, 0.6) is 0 Å². The average Bonchev–Trinajstić information content (AvgIpc) is 3.26. The SMILES string of the molecule is CNCCN(CC(C)C)c1ccc(Nc2ncc3cc4n(c3n2)C2(CCCCC2)CNC4=O)nc1. The van der Waals surface area contributed by atoms with Crippen molar-refractivity contribution in [3.63, 3.8) is 0 Å². The summed E-state index contributed by atoms with van der Waals surface area (Å²) < 4.78 is 2.19. The molecule has 0 atom stereocenters. The van der Waals surface area contributed by atoms with Crippen LogP contribution in [0.1, 0.15) is 56.4 Å². The van der Waals surface area contributed by atoms with Crippen LogP contribution < -0.4 is 20.9 Å². The highest BCUT2D eigenvalue weighted by Crippen LogP contribution is 2.40. The van der Waals surface area contributed by atoms with Crippen LogP contribution in [-0.2, 0) is 5.54 Å². The first-order valence-corrected chi connectivity index (χ1v) is 12.8. The van der Waals surface area contributed by atoms with Crippen molar-refractivity contribution in [2.24, 2.45) is 5.92 Å². The Morgan fingerprint density at radius 1 is 1.17 bits per heavy atom. The van der Waals surface area contributed by atoms with E-state index in [0.717, 1.165) is 49.2 Å². The summed E-state index contributed by atoms with van der Waals surface area (Å²) in [5, 5.41) is 10.5. The molecular formula is C26H36N8O. The van der Waals surface area contributed by atoms with E-state index in [-0.39, 0.29) is 11.4 Å². The maximum atomic E-state index is 12.7. The van der Waals surface area contributed by atoms with Crippen LogP contribution in [-0.4, -0.2) is 58.7 Å². The molecule has 4 heterocycles. The lowest BCUT2D eigenvalue weighted by Gasteiger charge is -2.42. The average molecular weight is 477 g/mol. The number of amides is 1. The second-order valence-corrected chi connectivity index (χ2v) is 10.3. The molecule has 2 aliphatic rings. The lowest BCUT2D eigenvalue weighted by Crippen LogP contribution is -2.52. The number of anilines is 3. The summed E-state index contributed by atoms with van der Waals surface area (Å²) in [5.74, 6) is 1.72. The first-order chi connectivity index (χ1) is 17.0. The van der Waals surface area contributed by atoms with Crippen LogP contribution >= 0.6 is 0 Å². The second-order valence-electron chi connectivity index (χ2n) is 10.3. The number of pyridine rings is 1. The predicted molar refractivity (Wildman–Crippen MR) is 139 cm³/mol. The van der Waals surface area contributed by atoms with Gasteiger partial charge in [-0.05, 0) is 44.0 Å². The van der Waals surface area contributed by atoms with Gasteiger partial charge in [0.15, 0.2) is 0 Å². The van der Waals surface area contributed by atoms with E-state index in [4.69, 9.17) is 4.98 Å². The largest absolute Gasteiger partial charge is 0.369 e. The number of likely N-dealkylation sites (N-methyl/N-ethyl adjacent to an activating group) is 1. The van der Waals surface area contributed by atoms with E-state index >= 15 is 0 Å². The van der Waals surface area contributed by atoms with E-state index in [0.29, 0.717) is 29.9 Å². The summed E-state index contributed by atoms with van der Waals surface area (Å²) in [4.78, 5) is 29.0. The zero-order chi connectivity index (χ0) is 24.4. The number of hydrogen-bond acceptors (Lipinski definition) is 7. The minimum atomic E-state index is -0.0953. The summed E-state index contributed by atoms with van der Waals surface area (Å²) in [6.07, 6.45) is 9.40. The molecule has 186 valence electrons. The third-order valence-electron chi connectivity index (χ3n) is 7.18. The van der Waals surface area contributed by atoms with Crippen molar-refractivity contribution in [2.75, 3.05) is 43.4 Å². The van der Waals surface area contributed by atoms with Gasteiger partial charge in [0.2, 0.25) is 5.95 Å². The highest BCUT2D eigenvalue weighted by Gasteiger charge is 2.41. The Morgan fingerprint density at radius 3 is 2.71 bits per heavy atom. The Morgan fingerprint density at radius 2 is 2.00 bits per heavy atom. The van der Waals surface area contributed by atoms with Gasteiger partial charge in [0.05, 0.1) is 17.4 Å². The number of rotatable bonds is 8. The molecule has 0 bridgehead atoms. The van der Waals surface area contributed by atoms with Crippen LogP contribution in [0.4, 0.5) is 17.5 Å². The van der Waals surface area contributed by atoms with Crippen molar-refractivity contribution in [1.29, 1.82) is 0 Å². The molecule has 1 aliphatic carbocycles. The van der Waals surface area contributed by atoms with Crippen molar-refractivity contribution in [1.82, 2.24) is 30.2 Å². The minimum absolute atomic E-state index is 0.0322. The molecule has 1 saturated carbocycles. The lowest BCUT2D eigenvalue weighted by molar-refractivity contribution is 0.0833. The van der Waals surface area contributed by atoms with Gasteiger partial charge < -0.3 is 25.4 Å². The molecule has 1 aliphatic heterocycles. The molecule has 3 aromatic heterocycles. The molecular weight excluding hydrogens is 440 g/mol. The molecule has 0 unspecified atom stereocenters. The van der Waals surface area contributed by atoms with Crippen molar-refractivity contribution in [2.45, 2.75) is 51.5 Å². The number of fused-ring (bicyclic) bond motifs is 4. The van der Waals surface area contributed by atoms with Gasteiger partial charge in [-0.25, -0.2) is 9.97 Å². The van der Waals surface area contributed by atoms with Gasteiger partial charge >= 0.3 is 0 Å². The van der Waals surface area contributed by atoms with Gasteiger partial charge in [0.25, 0.3) is 5.91 Å². The Kier molecular flexibility index (Phi) is 6.60. The third kappa shape index (κ3) is 4.69. The number of carbonyl (C=O) groups excluding carboxylic acids is 1. The maximum Gasteiger partial charge on any atom is 0.268 e. The van der Waals surface area contributed by atoms with Crippen LogP contribution in [0.15, 0.2) is 30.6 Å². The molecule has 1 amide bonds. The van der Waals surface area contributed by atoms with E-state index in [2.05, 4.69) is 55.3 Å². The van der Waals surface area contributed by atoms with Gasteiger partial charge in [-0.2, -0.15) is 4.98 Å². The van der Waals surface area contributed by atoms with E-state index in [1.54, 1.807) is 6.20 Å². The molecule has 3 N–H and O–H groups in total. The fourth-order valence-corrected chi connectivity index (χ4v) is 5.50. The molecule has 9 heteroatoms. The van der Waals surface area contributed by atoms with Crippen LogP contribution in [0.3, 0.4) is 0 Å². The Labute approximate surface area is 206 Å². The predicted octanol–water partition coefficient (Wildman–Crippen LogP) is 3.65. The lowest BCUT2D eigenvalue weighted by atomic mass is 9.80. The standard InChI is InChI=1S/C26H36N8O/c1-18(2)16-33(12-11-27-3)20-7-8-22(28-15-20)31-25-29-14-19-13-21-24(35)30-17-26(9-5-4-6-10-26)34(21)23(19)32-25/h7-8,13-15,18,27H,4-6,9-12,16-17H2,1-3H3,(H,30,35)(H,28,29,31,32). The van der Waals surface area contributed by atoms with Gasteiger partial charge in [0, 0.05) is 37.8 Å². The summed E-state index contributed by atoms with van der Waals surface area (Å²) >= 11 is 0. The maximum absolute atomic E-state index is 12.7. The molecule has 0 saturated heterocycles. The van der Waals surface area contributed by atoms with Crippen molar-refractivity contribution in [3.05, 3.63) is 36.3 Å². The quantitative estimate of drug-likeness (QED) is 0.456. The Hall–Kier alpha value is -3.20. The monoisotopic (exact) mass is 476 g/mol. The van der Waals surface area contributed by atoms with Crippen molar-refractivity contribution in [3.8, 4) is 0 Å². The van der Waals surface area contributed by atoms with Crippen LogP contribution in [0.25, 0.3) is 11.0 Å². The summed E-state index contributed by atoms with van der Waals surface area (Å²) in [6.45, 7) is 7.94. The number of nitrogens with one attached hydrogen (secondary N) is 3. The van der Waals surface area contributed by atoms with Gasteiger partial charge in [-0.3, -0.25) is 4.79 Å². The van der Waals surface area contributed by atoms with Gasteiger partial charge in [-0.1, -0.05) is 33.1 Å². The molecule has 1 spiro atoms.